The molecule has 2 nitrogen and oxygen atoms in total. The summed E-state index contributed by atoms with van der Waals surface area (Å²) in [5, 5.41) is 3.06. The Morgan fingerprint density at radius 2 is 2.00 bits per heavy atom. The maximum Gasteiger partial charge on any atom is 0.147 e. The van der Waals surface area contributed by atoms with Crippen molar-refractivity contribution in [3.05, 3.63) is 54.1 Å². The molecular formula is C12H13FN2. The molecule has 1 N–H and O–H groups in total. The van der Waals surface area contributed by atoms with Crippen LogP contribution in [0.2, 0.25) is 0 Å². The quantitative estimate of drug-likeness (QED) is 0.812. The summed E-state index contributed by atoms with van der Waals surface area (Å²) in [6, 6.07) is 10.7. The van der Waals surface area contributed by atoms with Gasteiger partial charge in [0.1, 0.15) is 5.82 Å². The van der Waals surface area contributed by atoms with E-state index in [4.69, 9.17) is 0 Å². The summed E-state index contributed by atoms with van der Waals surface area (Å²) < 4.78 is 15.4. The minimum absolute atomic E-state index is 0.203. The predicted molar refractivity (Wildman–Crippen MR) is 58.5 cm³/mol. The highest BCUT2D eigenvalue weighted by atomic mass is 19.1. The monoisotopic (exact) mass is 204 g/mol. The Labute approximate surface area is 88.4 Å². The molecule has 0 unspecified atom stereocenters. The number of benzene rings is 1. The number of nitrogens with zero attached hydrogens (tertiary/aromatic N) is 1. The van der Waals surface area contributed by atoms with Gasteiger partial charge in [-0.3, -0.25) is 0 Å². The van der Waals surface area contributed by atoms with Gasteiger partial charge >= 0.3 is 0 Å². The van der Waals surface area contributed by atoms with Crippen molar-refractivity contribution in [3.8, 4) is 5.69 Å². The van der Waals surface area contributed by atoms with Crippen molar-refractivity contribution >= 4 is 0 Å². The molecule has 78 valence electrons. The molecule has 0 bridgehead atoms. The van der Waals surface area contributed by atoms with E-state index in [1.54, 1.807) is 12.1 Å². The highest BCUT2D eigenvalue weighted by Gasteiger charge is 2.06. The predicted octanol–water partition coefficient (Wildman–Crippen LogP) is 2.34. The summed E-state index contributed by atoms with van der Waals surface area (Å²) >= 11 is 0. The first-order valence-electron chi connectivity index (χ1n) is 4.88. The normalized spacial score (nSPS) is 10.5. The second-order valence-corrected chi connectivity index (χ2v) is 3.35. The summed E-state index contributed by atoms with van der Waals surface area (Å²) in [4.78, 5) is 0. The molecule has 0 atom stereocenters. The average molecular weight is 204 g/mol. The first kappa shape index (κ1) is 9.93. The molecule has 0 aliphatic rings. The largest absolute Gasteiger partial charge is 0.317 e. The van der Waals surface area contributed by atoms with Gasteiger partial charge in [0, 0.05) is 18.4 Å². The standard InChI is InChI=1S/C12H13FN2/c1-14-9-10-5-4-8-15(10)12-7-3-2-6-11(12)13/h2-8,14H,9H2,1H3. The van der Waals surface area contributed by atoms with Crippen LogP contribution in [0.25, 0.3) is 5.69 Å². The number of hydrogen-bond acceptors (Lipinski definition) is 1. The van der Waals surface area contributed by atoms with E-state index in [2.05, 4.69) is 5.32 Å². The number of nitrogens with one attached hydrogen (secondary N) is 1. The first-order valence-corrected chi connectivity index (χ1v) is 4.88. The smallest absolute Gasteiger partial charge is 0.147 e. The minimum atomic E-state index is -0.203. The Bertz CT molecular complexity index is 448. The molecule has 2 aromatic rings. The Kier molecular flexibility index (Phi) is 2.83. The van der Waals surface area contributed by atoms with E-state index in [1.165, 1.54) is 6.07 Å². The molecule has 0 saturated carbocycles. The number of hydrogen-bond donors (Lipinski definition) is 1. The number of halogens is 1. The third-order valence-electron chi connectivity index (χ3n) is 2.30. The number of aromatic nitrogens is 1. The fraction of sp³-hybridized carbons (Fsp3) is 0.167. The van der Waals surface area contributed by atoms with Crippen LogP contribution in [-0.4, -0.2) is 11.6 Å². The maximum absolute atomic E-state index is 13.5. The molecule has 2 rings (SSSR count). The lowest BCUT2D eigenvalue weighted by molar-refractivity contribution is 0.614. The van der Waals surface area contributed by atoms with Crippen molar-refractivity contribution in [1.29, 1.82) is 0 Å². The molecular weight excluding hydrogens is 191 g/mol. The SMILES string of the molecule is CNCc1cccn1-c1ccccc1F. The Morgan fingerprint density at radius 1 is 1.20 bits per heavy atom. The molecule has 1 aromatic heterocycles. The zero-order chi connectivity index (χ0) is 10.7. The third kappa shape index (κ3) is 1.92. The summed E-state index contributed by atoms with van der Waals surface area (Å²) in [6.07, 6.45) is 1.87. The fourth-order valence-electron chi connectivity index (χ4n) is 1.62. The fourth-order valence-corrected chi connectivity index (χ4v) is 1.62. The van der Waals surface area contributed by atoms with E-state index in [1.807, 2.05) is 36.0 Å². The van der Waals surface area contributed by atoms with Crippen LogP contribution in [0.15, 0.2) is 42.6 Å². The minimum Gasteiger partial charge on any atom is -0.317 e. The van der Waals surface area contributed by atoms with Crippen LogP contribution in [0, 0.1) is 5.82 Å². The molecule has 0 aliphatic carbocycles. The van der Waals surface area contributed by atoms with Gasteiger partial charge in [0.05, 0.1) is 5.69 Å². The van der Waals surface area contributed by atoms with Gasteiger partial charge in [-0.2, -0.15) is 0 Å². The van der Waals surface area contributed by atoms with Crippen LogP contribution in [0.4, 0.5) is 4.39 Å². The molecule has 15 heavy (non-hydrogen) atoms. The van der Waals surface area contributed by atoms with Crippen LogP contribution < -0.4 is 5.32 Å². The van der Waals surface area contributed by atoms with Gasteiger partial charge < -0.3 is 9.88 Å². The van der Waals surface area contributed by atoms with Crippen molar-refractivity contribution in [3.63, 3.8) is 0 Å². The van der Waals surface area contributed by atoms with E-state index in [-0.39, 0.29) is 5.82 Å². The average Bonchev–Trinajstić information content (AvgIpc) is 2.67. The molecule has 0 saturated heterocycles. The lowest BCUT2D eigenvalue weighted by Crippen LogP contribution is -2.10. The first-order chi connectivity index (χ1) is 7.33. The summed E-state index contributed by atoms with van der Waals surface area (Å²) in [7, 11) is 1.87. The second-order valence-electron chi connectivity index (χ2n) is 3.35. The third-order valence-corrected chi connectivity index (χ3v) is 2.30. The van der Waals surface area contributed by atoms with Crippen LogP contribution >= 0.6 is 0 Å². The zero-order valence-electron chi connectivity index (χ0n) is 8.57. The molecule has 3 heteroatoms. The highest BCUT2D eigenvalue weighted by Crippen LogP contribution is 2.15. The lowest BCUT2D eigenvalue weighted by atomic mass is 10.3. The van der Waals surface area contributed by atoms with Gasteiger partial charge in [0.15, 0.2) is 0 Å². The van der Waals surface area contributed by atoms with Crippen LogP contribution in [0.3, 0.4) is 0 Å². The van der Waals surface area contributed by atoms with Gasteiger partial charge in [-0.15, -0.1) is 0 Å². The van der Waals surface area contributed by atoms with Crippen molar-refractivity contribution in [2.45, 2.75) is 6.54 Å². The molecule has 0 fully saturated rings. The van der Waals surface area contributed by atoms with Gasteiger partial charge in [0.25, 0.3) is 0 Å². The Morgan fingerprint density at radius 3 is 2.73 bits per heavy atom. The topological polar surface area (TPSA) is 17.0 Å². The molecule has 0 amide bonds. The Balaban J connectivity index is 2.45. The zero-order valence-corrected chi connectivity index (χ0v) is 8.57. The number of para-hydroxylation sites is 1. The molecule has 1 heterocycles. The summed E-state index contributed by atoms with van der Waals surface area (Å²) in [5.74, 6) is -0.203. The molecule has 1 aromatic carbocycles. The van der Waals surface area contributed by atoms with Crippen LogP contribution in [0.1, 0.15) is 5.69 Å². The molecule has 0 spiro atoms. The van der Waals surface area contributed by atoms with Crippen molar-refractivity contribution in [2.24, 2.45) is 0 Å². The number of rotatable bonds is 3. The highest BCUT2D eigenvalue weighted by molar-refractivity contribution is 5.36. The van der Waals surface area contributed by atoms with E-state index in [0.717, 1.165) is 12.2 Å². The van der Waals surface area contributed by atoms with Crippen LogP contribution in [-0.2, 0) is 6.54 Å². The Hall–Kier alpha value is -1.61. The van der Waals surface area contributed by atoms with Gasteiger partial charge in [-0.1, -0.05) is 12.1 Å². The van der Waals surface area contributed by atoms with Crippen molar-refractivity contribution in [2.75, 3.05) is 7.05 Å². The van der Waals surface area contributed by atoms with E-state index in [9.17, 15) is 4.39 Å². The molecule has 0 aliphatic heterocycles. The van der Waals surface area contributed by atoms with E-state index >= 15 is 0 Å². The lowest BCUT2D eigenvalue weighted by Gasteiger charge is -2.09. The maximum atomic E-state index is 13.5. The summed E-state index contributed by atoms with van der Waals surface area (Å²) in [6.45, 7) is 0.724. The molecule has 0 radical (unpaired) electrons. The van der Waals surface area contributed by atoms with E-state index in [0.29, 0.717) is 5.69 Å². The van der Waals surface area contributed by atoms with Crippen LogP contribution in [0.5, 0.6) is 0 Å². The van der Waals surface area contributed by atoms with Gasteiger partial charge in [-0.05, 0) is 31.3 Å². The van der Waals surface area contributed by atoms with Gasteiger partial charge in [-0.25, -0.2) is 4.39 Å². The second kappa shape index (κ2) is 4.28. The van der Waals surface area contributed by atoms with Crippen molar-refractivity contribution in [1.82, 2.24) is 9.88 Å². The van der Waals surface area contributed by atoms with Gasteiger partial charge in [0.2, 0.25) is 0 Å². The summed E-state index contributed by atoms with van der Waals surface area (Å²) in [5.41, 5.74) is 1.63. The van der Waals surface area contributed by atoms with Crippen molar-refractivity contribution < 1.29 is 4.39 Å². The van der Waals surface area contributed by atoms with E-state index < -0.39 is 0 Å².